The molecule has 8 nitrogen and oxygen atoms in total. The molecule has 9 heteroatoms. The molecule has 0 aliphatic carbocycles. The summed E-state index contributed by atoms with van der Waals surface area (Å²) >= 11 is 1.55. The van der Waals surface area contributed by atoms with Crippen molar-refractivity contribution in [3.8, 4) is 0 Å². The van der Waals surface area contributed by atoms with Crippen molar-refractivity contribution in [2.24, 2.45) is 0 Å². The Balaban J connectivity index is 1.47. The van der Waals surface area contributed by atoms with Gasteiger partial charge < -0.3 is 21.3 Å². The van der Waals surface area contributed by atoms with Crippen molar-refractivity contribution in [2.75, 3.05) is 25.0 Å². The third-order valence-electron chi connectivity index (χ3n) is 3.07. The van der Waals surface area contributed by atoms with Crippen LogP contribution in [0, 0.1) is 0 Å². The minimum Gasteiger partial charge on any atom is -0.368 e. The highest BCUT2D eigenvalue weighted by atomic mass is 32.1. The number of urea groups is 1. The van der Waals surface area contributed by atoms with Crippen molar-refractivity contribution in [1.82, 2.24) is 25.9 Å². The fourth-order valence-electron chi connectivity index (χ4n) is 2.03. The number of nitrogens with zero attached hydrogens (tertiary/aromatic N) is 2. The summed E-state index contributed by atoms with van der Waals surface area (Å²) in [5, 5.41) is 13.9. The van der Waals surface area contributed by atoms with E-state index in [1.807, 2.05) is 11.4 Å². The van der Waals surface area contributed by atoms with Crippen LogP contribution in [-0.4, -0.2) is 47.6 Å². The second-order valence-corrected chi connectivity index (χ2v) is 5.38. The van der Waals surface area contributed by atoms with E-state index in [0.717, 1.165) is 16.0 Å². The van der Waals surface area contributed by atoms with E-state index in [-0.39, 0.29) is 11.9 Å². The Kier molecular flexibility index (Phi) is 3.82. The summed E-state index contributed by atoms with van der Waals surface area (Å²) < 4.78 is 0. The Bertz CT molecular complexity index is 673. The van der Waals surface area contributed by atoms with Crippen LogP contribution in [0.3, 0.4) is 0 Å². The Morgan fingerprint density at radius 2 is 2.33 bits per heavy atom. The number of anilines is 1. The van der Waals surface area contributed by atoms with Crippen LogP contribution < -0.4 is 21.3 Å². The van der Waals surface area contributed by atoms with Crippen LogP contribution in [-0.2, 0) is 4.79 Å². The van der Waals surface area contributed by atoms with Crippen LogP contribution in [0.2, 0.25) is 0 Å². The number of amides is 3. The van der Waals surface area contributed by atoms with Gasteiger partial charge in [-0.15, -0.1) is 11.3 Å². The minimum absolute atomic E-state index is 0.196. The number of thiophene rings is 1. The number of fused-ring (bicyclic) bond motifs is 1. The molecule has 110 valence electrons. The van der Waals surface area contributed by atoms with Crippen molar-refractivity contribution >= 4 is 39.3 Å². The maximum Gasteiger partial charge on any atom is 0.315 e. The zero-order valence-electron chi connectivity index (χ0n) is 11.0. The number of carbonyl (C=O) groups is 2. The molecular weight excluding hydrogens is 292 g/mol. The fraction of sp³-hybridized carbons (Fsp3) is 0.333. The van der Waals surface area contributed by atoms with E-state index in [0.29, 0.717) is 19.6 Å². The van der Waals surface area contributed by atoms with Crippen LogP contribution in [0.4, 0.5) is 10.6 Å². The Morgan fingerprint density at radius 3 is 3.14 bits per heavy atom. The van der Waals surface area contributed by atoms with Gasteiger partial charge in [0.15, 0.2) is 0 Å². The normalized spacial score (nSPS) is 17.3. The van der Waals surface area contributed by atoms with Crippen molar-refractivity contribution in [3.05, 3.63) is 17.8 Å². The first kappa shape index (κ1) is 13.6. The maximum absolute atomic E-state index is 11.8. The highest BCUT2D eigenvalue weighted by Crippen LogP contribution is 2.23. The first-order chi connectivity index (χ1) is 10.2. The van der Waals surface area contributed by atoms with Gasteiger partial charge in [-0.2, -0.15) is 0 Å². The van der Waals surface area contributed by atoms with Gasteiger partial charge in [0.1, 0.15) is 23.0 Å². The lowest BCUT2D eigenvalue weighted by molar-refractivity contribution is -0.122. The van der Waals surface area contributed by atoms with Crippen LogP contribution in [0.15, 0.2) is 17.8 Å². The zero-order valence-corrected chi connectivity index (χ0v) is 11.9. The van der Waals surface area contributed by atoms with E-state index in [4.69, 9.17) is 0 Å². The van der Waals surface area contributed by atoms with Crippen molar-refractivity contribution in [1.29, 1.82) is 0 Å². The van der Waals surface area contributed by atoms with E-state index in [2.05, 4.69) is 31.2 Å². The number of carbonyl (C=O) groups excluding carboxylic acids is 2. The molecular formula is C12H14N6O2S. The molecule has 4 N–H and O–H groups in total. The van der Waals surface area contributed by atoms with Gasteiger partial charge in [0.2, 0.25) is 5.91 Å². The summed E-state index contributed by atoms with van der Waals surface area (Å²) in [6, 6.07) is 1.15. The third kappa shape index (κ3) is 3.02. The third-order valence-corrected chi connectivity index (χ3v) is 3.89. The molecule has 2 aromatic rings. The predicted octanol–water partition coefficient (Wildman–Crippen LogP) is -0.0992. The summed E-state index contributed by atoms with van der Waals surface area (Å²) in [7, 11) is 0. The molecule has 1 fully saturated rings. The smallest absolute Gasteiger partial charge is 0.315 e. The molecule has 3 heterocycles. The van der Waals surface area contributed by atoms with Crippen molar-refractivity contribution < 1.29 is 9.59 Å². The monoisotopic (exact) mass is 306 g/mol. The molecule has 0 aromatic carbocycles. The summed E-state index contributed by atoms with van der Waals surface area (Å²) in [6.07, 6.45) is 1.51. The van der Waals surface area contributed by atoms with Gasteiger partial charge in [-0.1, -0.05) is 0 Å². The lowest BCUT2D eigenvalue weighted by Gasteiger charge is -2.11. The van der Waals surface area contributed by atoms with E-state index in [1.54, 1.807) is 11.3 Å². The van der Waals surface area contributed by atoms with Gasteiger partial charge in [-0.25, -0.2) is 14.8 Å². The lowest BCUT2D eigenvalue weighted by atomic mass is 10.3. The number of hydrogen-bond acceptors (Lipinski definition) is 6. The molecule has 0 saturated carbocycles. The molecule has 1 aliphatic rings. The molecule has 1 aliphatic heterocycles. The van der Waals surface area contributed by atoms with Gasteiger partial charge in [-0.3, -0.25) is 4.79 Å². The van der Waals surface area contributed by atoms with E-state index in [1.165, 1.54) is 6.33 Å². The van der Waals surface area contributed by atoms with E-state index < -0.39 is 6.04 Å². The summed E-state index contributed by atoms with van der Waals surface area (Å²) in [5.41, 5.74) is 0. The van der Waals surface area contributed by atoms with Crippen molar-refractivity contribution in [2.45, 2.75) is 6.04 Å². The van der Waals surface area contributed by atoms with Gasteiger partial charge in [0.05, 0.1) is 5.39 Å². The van der Waals surface area contributed by atoms with Gasteiger partial charge in [-0.05, 0) is 11.4 Å². The largest absolute Gasteiger partial charge is 0.368 e. The molecule has 0 radical (unpaired) electrons. The second-order valence-electron chi connectivity index (χ2n) is 4.49. The predicted molar refractivity (Wildman–Crippen MR) is 79.2 cm³/mol. The minimum atomic E-state index is -0.500. The van der Waals surface area contributed by atoms with Gasteiger partial charge in [0.25, 0.3) is 0 Å². The Hall–Kier alpha value is -2.42. The molecule has 3 amide bonds. The van der Waals surface area contributed by atoms with Crippen LogP contribution >= 0.6 is 11.3 Å². The molecule has 0 bridgehead atoms. The average Bonchev–Trinajstić information content (AvgIpc) is 3.12. The Labute approximate surface area is 124 Å². The zero-order chi connectivity index (χ0) is 14.7. The molecule has 2 aromatic heterocycles. The fourth-order valence-corrected chi connectivity index (χ4v) is 2.77. The lowest BCUT2D eigenvalue weighted by Crippen LogP contribution is -2.44. The number of rotatable bonds is 5. The van der Waals surface area contributed by atoms with Crippen LogP contribution in [0.5, 0.6) is 0 Å². The Morgan fingerprint density at radius 1 is 1.43 bits per heavy atom. The average molecular weight is 306 g/mol. The van der Waals surface area contributed by atoms with Crippen LogP contribution in [0.1, 0.15) is 0 Å². The molecule has 21 heavy (non-hydrogen) atoms. The first-order valence-corrected chi connectivity index (χ1v) is 7.36. The SMILES string of the molecule is O=C1NC[C@H](C(=O)NCCNc2ncnc3sccc23)N1. The number of aromatic nitrogens is 2. The summed E-state index contributed by atoms with van der Waals surface area (Å²) in [4.78, 5) is 32.0. The second kappa shape index (κ2) is 5.92. The van der Waals surface area contributed by atoms with Gasteiger partial charge in [0, 0.05) is 19.6 Å². The van der Waals surface area contributed by atoms with Crippen molar-refractivity contribution in [3.63, 3.8) is 0 Å². The molecule has 1 saturated heterocycles. The van der Waals surface area contributed by atoms with Crippen LogP contribution in [0.25, 0.3) is 10.2 Å². The molecule has 0 spiro atoms. The molecule has 0 unspecified atom stereocenters. The number of hydrogen-bond donors (Lipinski definition) is 4. The maximum atomic E-state index is 11.8. The topological polar surface area (TPSA) is 108 Å². The number of nitrogens with one attached hydrogen (secondary N) is 4. The summed E-state index contributed by atoms with van der Waals surface area (Å²) in [5.74, 6) is 0.560. The highest BCUT2D eigenvalue weighted by Gasteiger charge is 2.26. The highest BCUT2D eigenvalue weighted by molar-refractivity contribution is 7.16. The standard InChI is InChI=1S/C12H14N6O2S/c19-10(8-5-15-12(20)18-8)14-3-2-13-9-7-1-4-21-11(7)17-6-16-9/h1,4,6,8H,2-3,5H2,(H,14,19)(H,13,16,17)(H2,15,18,20)/t8-/m1/s1. The van der Waals surface area contributed by atoms with E-state index >= 15 is 0 Å². The van der Waals surface area contributed by atoms with E-state index in [9.17, 15) is 9.59 Å². The molecule has 1 atom stereocenters. The first-order valence-electron chi connectivity index (χ1n) is 6.48. The summed E-state index contributed by atoms with van der Waals surface area (Å²) in [6.45, 7) is 1.31. The quantitative estimate of drug-likeness (QED) is 0.577. The molecule has 3 rings (SSSR count). The van der Waals surface area contributed by atoms with Gasteiger partial charge >= 0.3 is 6.03 Å².